The number of amides is 1. The lowest BCUT2D eigenvalue weighted by Crippen LogP contribution is -2.55. The summed E-state index contributed by atoms with van der Waals surface area (Å²) in [4.78, 5) is 33.9. The second-order valence-corrected chi connectivity index (χ2v) is 11.4. The van der Waals surface area contributed by atoms with E-state index in [2.05, 4.69) is 19.2 Å². The van der Waals surface area contributed by atoms with Crippen molar-refractivity contribution in [2.45, 2.75) is 111 Å². The number of Topliss-reactive ketones (excluding diaryl/α,β-unsaturated/α-hetero) is 1. The molecule has 1 amide bonds. The molecule has 0 aliphatic heterocycles. The van der Waals surface area contributed by atoms with E-state index in [1.165, 1.54) is 0 Å². The van der Waals surface area contributed by atoms with Crippen LogP contribution in [0.5, 0.6) is 0 Å². The van der Waals surface area contributed by atoms with Gasteiger partial charge in [-0.05, 0) is 57.3 Å². The van der Waals surface area contributed by atoms with E-state index in [1.54, 1.807) is 20.8 Å². The molecule has 6 nitrogen and oxygen atoms in total. The van der Waals surface area contributed by atoms with Crippen molar-refractivity contribution in [1.82, 2.24) is 5.32 Å². The fourth-order valence-electron chi connectivity index (χ4n) is 3.87. The van der Waals surface area contributed by atoms with Crippen molar-refractivity contribution >= 4 is 17.8 Å². The molecule has 0 aromatic carbocycles. The number of ketones is 1. The summed E-state index contributed by atoms with van der Waals surface area (Å²) in [5.41, 5.74) is -0.787. The molecule has 0 saturated heterocycles. The van der Waals surface area contributed by atoms with Crippen LogP contribution in [0.25, 0.3) is 0 Å². The Hall–Kier alpha value is -1.73. The molecule has 0 aromatic heterocycles. The van der Waals surface area contributed by atoms with E-state index >= 15 is 0 Å². The monoisotopic (exact) mass is 447 g/mol. The van der Waals surface area contributed by atoms with Crippen molar-refractivity contribution in [1.29, 1.82) is 0 Å². The molecule has 180 valence electrons. The van der Waals surface area contributed by atoms with Crippen LogP contribution in [0.1, 0.15) is 93.4 Å². The second kappa shape index (κ2) is 9.82. The smallest absolute Gasteiger partial charge is 0.408 e. The highest BCUT2D eigenvalue weighted by atomic mass is 19.3. The number of carboxylic acid groups (broad SMARTS) is 1. The first-order chi connectivity index (χ1) is 13.8. The van der Waals surface area contributed by atoms with Gasteiger partial charge in [0.05, 0.1) is 5.92 Å². The molecule has 31 heavy (non-hydrogen) atoms. The first kappa shape index (κ1) is 27.3. The maximum absolute atomic E-state index is 14.2. The predicted molar refractivity (Wildman–Crippen MR) is 114 cm³/mol. The molecule has 0 unspecified atom stereocenters. The summed E-state index contributed by atoms with van der Waals surface area (Å²) in [6, 6.07) is -1.68. The van der Waals surface area contributed by atoms with E-state index in [4.69, 9.17) is 4.74 Å². The summed E-state index contributed by atoms with van der Waals surface area (Å²) >= 11 is 0. The van der Waals surface area contributed by atoms with Crippen LogP contribution in [0.2, 0.25) is 0 Å². The highest BCUT2D eigenvalue weighted by molar-refractivity contribution is 5.80. The molecule has 2 saturated carbocycles. The van der Waals surface area contributed by atoms with Crippen LogP contribution < -0.4 is 5.32 Å². The van der Waals surface area contributed by atoms with Gasteiger partial charge in [-0.15, -0.1) is 0 Å². The zero-order valence-electron chi connectivity index (χ0n) is 19.9. The summed E-state index contributed by atoms with van der Waals surface area (Å²) in [5, 5.41) is 11.4. The first-order valence-corrected chi connectivity index (χ1v) is 11.0. The van der Waals surface area contributed by atoms with Crippen molar-refractivity contribution in [2.24, 2.45) is 16.7 Å². The Morgan fingerprint density at radius 2 is 1.55 bits per heavy atom. The third-order valence-electron chi connectivity index (χ3n) is 5.95. The molecule has 2 rings (SSSR count). The minimum Gasteiger partial charge on any atom is -0.480 e. The van der Waals surface area contributed by atoms with Gasteiger partial charge in [0.15, 0.2) is 0 Å². The van der Waals surface area contributed by atoms with E-state index < -0.39 is 41.0 Å². The molecule has 0 bridgehead atoms. The largest absolute Gasteiger partial charge is 0.480 e. The standard InChI is InChI=1S/C15H25F2NO4.C8H14O/c1-13(2,3)22-12(21)18-10(11(19)20)9-8-14(4,5)6-7-15(9,16)17;1-8(2)5-3-7(9)4-6-8/h9-10H,6-8H2,1-5H3,(H,18,21)(H,19,20);3-6H2,1-2H3/t9-,10-;/m0./s1. The summed E-state index contributed by atoms with van der Waals surface area (Å²) < 4.78 is 33.3. The van der Waals surface area contributed by atoms with Gasteiger partial charge in [-0.2, -0.15) is 0 Å². The molecular weight excluding hydrogens is 408 g/mol. The molecule has 0 spiro atoms. The van der Waals surface area contributed by atoms with Crippen LogP contribution >= 0.6 is 0 Å². The molecule has 8 heteroatoms. The van der Waals surface area contributed by atoms with Gasteiger partial charge in [0, 0.05) is 19.3 Å². The lowest BCUT2D eigenvalue weighted by atomic mass is 9.68. The summed E-state index contributed by atoms with van der Waals surface area (Å²) in [5.74, 6) is -5.61. The molecular formula is C23H39F2NO5. The third-order valence-corrected chi connectivity index (χ3v) is 5.95. The lowest BCUT2D eigenvalue weighted by molar-refractivity contribution is -0.157. The number of aliphatic carboxylic acids is 1. The summed E-state index contributed by atoms with van der Waals surface area (Å²) in [6.45, 7) is 12.9. The number of rotatable bonds is 3. The van der Waals surface area contributed by atoms with Crippen molar-refractivity contribution in [2.75, 3.05) is 0 Å². The molecule has 0 heterocycles. The Kier molecular flexibility index (Phi) is 8.65. The van der Waals surface area contributed by atoms with Gasteiger partial charge in [-0.25, -0.2) is 18.4 Å². The molecule has 2 atom stereocenters. The van der Waals surface area contributed by atoms with Gasteiger partial charge in [0.25, 0.3) is 5.92 Å². The van der Waals surface area contributed by atoms with Crippen molar-refractivity contribution in [3.05, 3.63) is 0 Å². The average molecular weight is 448 g/mol. The van der Waals surface area contributed by atoms with E-state index in [-0.39, 0.29) is 12.8 Å². The Morgan fingerprint density at radius 3 is 1.97 bits per heavy atom. The van der Waals surface area contributed by atoms with Gasteiger partial charge in [0.2, 0.25) is 0 Å². The maximum atomic E-state index is 14.2. The zero-order chi connectivity index (χ0) is 24.3. The first-order valence-electron chi connectivity index (χ1n) is 11.0. The number of carboxylic acids is 1. The van der Waals surface area contributed by atoms with Gasteiger partial charge < -0.3 is 15.2 Å². The molecule has 2 N–H and O–H groups in total. The highest BCUT2D eigenvalue weighted by Crippen LogP contribution is 2.48. The van der Waals surface area contributed by atoms with E-state index in [0.717, 1.165) is 25.7 Å². The number of alkyl halides is 2. The highest BCUT2D eigenvalue weighted by Gasteiger charge is 2.53. The third kappa shape index (κ3) is 9.52. The number of nitrogens with one attached hydrogen (secondary N) is 1. The van der Waals surface area contributed by atoms with Crippen LogP contribution in [0, 0.1) is 16.7 Å². The van der Waals surface area contributed by atoms with Crippen LogP contribution in [-0.2, 0) is 14.3 Å². The molecule has 2 aliphatic carbocycles. The molecule has 0 radical (unpaired) electrons. The maximum Gasteiger partial charge on any atom is 0.408 e. The average Bonchev–Trinajstić information content (AvgIpc) is 2.57. The van der Waals surface area contributed by atoms with E-state index in [0.29, 0.717) is 17.6 Å². The SMILES string of the molecule is CC1(C)CCC(=O)CC1.CC1(C)CCC(F)(F)[C@H]([C@H](NC(=O)OC(C)(C)C)C(=O)O)C1. The predicted octanol–water partition coefficient (Wildman–Crippen LogP) is 5.58. The minimum atomic E-state index is -3.13. The number of ether oxygens (including phenoxy) is 1. The van der Waals surface area contributed by atoms with Crippen molar-refractivity contribution in [3.8, 4) is 0 Å². The Bertz CT molecular complexity index is 655. The van der Waals surface area contributed by atoms with Crippen LogP contribution in [0.15, 0.2) is 0 Å². The van der Waals surface area contributed by atoms with Gasteiger partial charge >= 0.3 is 12.1 Å². The Labute approximate surface area is 184 Å². The van der Waals surface area contributed by atoms with Gasteiger partial charge in [0.1, 0.15) is 17.4 Å². The van der Waals surface area contributed by atoms with E-state index in [1.807, 2.05) is 13.8 Å². The summed E-state index contributed by atoms with van der Waals surface area (Å²) in [7, 11) is 0. The van der Waals surface area contributed by atoms with E-state index in [9.17, 15) is 28.3 Å². The zero-order valence-corrected chi connectivity index (χ0v) is 19.9. The second-order valence-electron chi connectivity index (χ2n) is 11.4. The topological polar surface area (TPSA) is 92.7 Å². The Balaban J connectivity index is 0.000000442. The molecule has 0 aromatic rings. The van der Waals surface area contributed by atoms with Crippen LogP contribution in [0.3, 0.4) is 0 Å². The quantitative estimate of drug-likeness (QED) is 0.589. The summed E-state index contributed by atoms with van der Waals surface area (Å²) in [6.07, 6.45) is 2.75. The fourth-order valence-corrected chi connectivity index (χ4v) is 3.87. The fraction of sp³-hybridized carbons (Fsp3) is 0.870. The number of halogens is 2. The normalized spacial score (nSPS) is 25.5. The van der Waals surface area contributed by atoms with Crippen LogP contribution in [0.4, 0.5) is 13.6 Å². The number of hydrogen-bond acceptors (Lipinski definition) is 4. The number of carbonyl (C=O) groups is 3. The Morgan fingerprint density at radius 1 is 1.03 bits per heavy atom. The van der Waals surface area contributed by atoms with Gasteiger partial charge in [-0.1, -0.05) is 27.7 Å². The van der Waals surface area contributed by atoms with Crippen LogP contribution in [-0.4, -0.2) is 40.5 Å². The number of hydrogen-bond donors (Lipinski definition) is 2. The van der Waals surface area contributed by atoms with Gasteiger partial charge in [-0.3, -0.25) is 4.79 Å². The number of alkyl carbamates (subject to hydrolysis) is 1. The number of carbonyl (C=O) groups excluding carboxylic acids is 2. The minimum absolute atomic E-state index is 0.0206. The van der Waals surface area contributed by atoms with Crippen molar-refractivity contribution < 1.29 is 33.0 Å². The lowest BCUT2D eigenvalue weighted by Gasteiger charge is -2.42. The molecule has 2 fully saturated rings. The molecule has 2 aliphatic rings. The van der Waals surface area contributed by atoms with Crippen molar-refractivity contribution in [3.63, 3.8) is 0 Å².